The Hall–Kier alpha value is -2.14. The number of hydrogen-bond acceptors (Lipinski definition) is 3. The van der Waals surface area contributed by atoms with E-state index in [1.807, 2.05) is 13.8 Å². The SMILES string of the molecule is CC(C)n1ccn(-c2ccc(C(=O)CN)cc2)c1=O. The maximum Gasteiger partial charge on any atom is 0.332 e. The third-order valence-electron chi connectivity index (χ3n) is 3.01. The van der Waals surface area contributed by atoms with Crippen LogP contribution in [-0.4, -0.2) is 21.5 Å². The highest BCUT2D eigenvalue weighted by Crippen LogP contribution is 2.09. The highest BCUT2D eigenvalue weighted by Gasteiger charge is 2.08. The normalized spacial score (nSPS) is 10.9. The Morgan fingerprint density at radius 2 is 1.84 bits per heavy atom. The van der Waals surface area contributed by atoms with Gasteiger partial charge in [0.05, 0.1) is 12.2 Å². The molecule has 2 N–H and O–H groups in total. The fraction of sp³-hybridized carbons (Fsp3) is 0.286. The predicted octanol–water partition coefficient (Wildman–Crippen LogP) is 1.36. The maximum absolute atomic E-state index is 12.1. The van der Waals surface area contributed by atoms with Crippen molar-refractivity contribution in [3.63, 3.8) is 0 Å². The Morgan fingerprint density at radius 1 is 1.21 bits per heavy atom. The Morgan fingerprint density at radius 3 is 2.32 bits per heavy atom. The van der Waals surface area contributed by atoms with Gasteiger partial charge < -0.3 is 5.73 Å². The fourth-order valence-electron chi connectivity index (χ4n) is 1.91. The van der Waals surface area contributed by atoms with E-state index in [0.717, 1.165) is 5.69 Å². The second-order valence-electron chi connectivity index (χ2n) is 4.63. The van der Waals surface area contributed by atoms with Crippen molar-refractivity contribution in [2.24, 2.45) is 5.73 Å². The molecule has 19 heavy (non-hydrogen) atoms. The van der Waals surface area contributed by atoms with Crippen LogP contribution < -0.4 is 11.4 Å². The molecule has 0 aliphatic heterocycles. The van der Waals surface area contributed by atoms with Crippen LogP contribution in [0.3, 0.4) is 0 Å². The van der Waals surface area contributed by atoms with Gasteiger partial charge in [0.1, 0.15) is 0 Å². The van der Waals surface area contributed by atoms with Crippen LogP contribution in [-0.2, 0) is 0 Å². The summed E-state index contributed by atoms with van der Waals surface area (Å²) in [5.41, 5.74) is 6.51. The lowest BCUT2D eigenvalue weighted by Gasteiger charge is -2.05. The molecule has 5 heteroatoms. The third-order valence-corrected chi connectivity index (χ3v) is 3.01. The van der Waals surface area contributed by atoms with E-state index in [9.17, 15) is 9.59 Å². The summed E-state index contributed by atoms with van der Waals surface area (Å²) in [6.45, 7) is 3.90. The molecule has 1 heterocycles. The maximum atomic E-state index is 12.1. The first-order valence-corrected chi connectivity index (χ1v) is 6.17. The van der Waals surface area contributed by atoms with E-state index < -0.39 is 0 Å². The molecule has 2 aromatic rings. The van der Waals surface area contributed by atoms with Crippen LogP contribution >= 0.6 is 0 Å². The topological polar surface area (TPSA) is 70.0 Å². The van der Waals surface area contributed by atoms with Crippen molar-refractivity contribution in [1.82, 2.24) is 9.13 Å². The number of imidazole rings is 1. The van der Waals surface area contributed by atoms with Crippen molar-refractivity contribution in [2.45, 2.75) is 19.9 Å². The van der Waals surface area contributed by atoms with Gasteiger partial charge in [-0.15, -0.1) is 0 Å². The molecule has 0 fully saturated rings. The Kier molecular flexibility index (Phi) is 3.66. The van der Waals surface area contributed by atoms with Crippen LogP contribution in [0.25, 0.3) is 5.69 Å². The number of rotatable bonds is 4. The third kappa shape index (κ3) is 2.51. The van der Waals surface area contributed by atoms with Crippen molar-refractivity contribution in [2.75, 3.05) is 6.54 Å². The van der Waals surface area contributed by atoms with Crippen LogP contribution in [0.2, 0.25) is 0 Å². The number of ketones is 1. The zero-order valence-electron chi connectivity index (χ0n) is 11.0. The van der Waals surface area contributed by atoms with Gasteiger partial charge in [0.15, 0.2) is 5.78 Å². The van der Waals surface area contributed by atoms with E-state index in [4.69, 9.17) is 5.73 Å². The number of aromatic nitrogens is 2. The molecule has 100 valence electrons. The molecule has 5 nitrogen and oxygen atoms in total. The second-order valence-corrected chi connectivity index (χ2v) is 4.63. The van der Waals surface area contributed by atoms with Crippen LogP contribution in [0.4, 0.5) is 0 Å². The number of benzene rings is 1. The Balaban J connectivity index is 2.38. The lowest BCUT2D eigenvalue weighted by atomic mass is 10.1. The molecule has 0 saturated heterocycles. The van der Waals surface area contributed by atoms with Gasteiger partial charge >= 0.3 is 5.69 Å². The summed E-state index contributed by atoms with van der Waals surface area (Å²) in [7, 11) is 0. The quantitative estimate of drug-likeness (QED) is 0.843. The van der Waals surface area contributed by atoms with Crippen LogP contribution in [0.15, 0.2) is 41.5 Å². The van der Waals surface area contributed by atoms with Crippen molar-refractivity contribution in [1.29, 1.82) is 0 Å². The molecule has 1 aromatic heterocycles. The molecule has 0 aliphatic carbocycles. The van der Waals surface area contributed by atoms with Gasteiger partial charge in [-0.2, -0.15) is 0 Å². The summed E-state index contributed by atoms with van der Waals surface area (Å²) in [6, 6.07) is 6.98. The molecule has 0 aliphatic rings. The van der Waals surface area contributed by atoms with E-state index >= 15 is 0 Å². The van der Waals surface area contributed by atoms with Crippen molar-refractivity contribution in [3.8, 4) is 5.69 Å². The highest BCUT2D eigenvalue weighted by atomic mass is 16.1. The van der Waals surface area contributed by atoms with Gasteiger partial charge in [-0.05, 0) is 38.1 Å². The molecular formula is C14H17N3O2. The fourth-order valence-corrected chi connectivity index (χ4v) is 1.91. The van der Waals surface area contributed by atoms with E-state index in [2.05, 4.69) is 0 Å². The molecular weight excluding hydrogens is 242 g/mol. The van der Waals surface area contributed by atoms with Gasteiger partial charge in [-0.25, -0.2) is 4.79 Å². The first kappa shape index (κ1) is 13.3. The second kappa shape index (κ2) is 5.24. The molecule has 0 amide bonds. The van der Waals surface area contributed by atoms with Gasteiger partial charge in [-0.1, -0.05) is 0 Å². The number of carbonyl (C=O) groups is 1. The monoisotopic (exact) mass is 259 g/mol. The molecule has 0 atom stereocenters. The predicted molar refractivity (Wildman–Crippen MR) is 73.8 cm³/mol. The van der Waals surface area contributed by atoms with E-state index in [1.165, 1.54) is 0 Å². The summed E-state index contributed by atoms with van der Waals surface area (Å²) in [4.78, 5) is 23.5. The van der Waals surface area contributed by atoms with Crippen molar-refractivity contribution < 1.29 is 4.79 Å². The van der Waals surface area contributed by atoms with E-state index in [1.54, 1.807) is 45.8 Å². The summed E-state index contributed by atoms with van der Waals surface area (Å²) < 4.78 is 3.20. The summed E-state index contributed by atoms with van der Waals surface area (Å²) in [5.74, 6) is -0.112. The minimum absolute atomic E-state index is 0.0109. The highest BCUT2D eigenvalue weighted by molar-refractivity contribution is 5.97. The van der Waals surface area contributed by atoms with E-state index in [0.29, 0.717) is 5.56 Å². The lowest BCUT2D eigenvalue weighted by molar-refractivity contribution is 0.100. The summed E-state index contributed by atoms with van der Waals surface area (Å²) in [6.07, 6.45) is 3.48. The number of nitrogens with zero attached hydrogens (tertiary/aromatic N) is 2. The van der Waals surface area contributed by atoms with Crippen molar-refractivity contribution >= 4 is 5.78 Å². The molecule has 2 rings (SSSR count). The molecule has 1 aromatic carbocycles. The van der Waals surface area contributed by atoms with Gasteiger partial charge in [0, 0.05) is 24.0 Å². The molecule has 0 bridgehead atoms. The van der Waals surface area contributed by atoms with Crippen LogP contribution in [0.1, 0.15) is 30.2 Å². The zero-order chi connectivity index (χ0) is 14.0. The number of nitrogens with two attached hydrogens (primary N) is 1. The van der Waals surface area contributed by atoms with Crippen molar-refractivity contribution in [3.05, 3.63) is 52.7 Å². The van der Waals surface area contributed by atoms with Gasteiger partial charge in [-0.3, -0.25) is 13.9 Å². The minimum atomic E-state index is -0.112. The number of Topliss-reactive ketones (excluding diaryl/α,β-unsaturated/α-hetero) is 1. The standard InChI is InChI=1S/C14H17N3O2/c1-10(2)16-7-8-17(14(16)19)12-5-3-11(4-6-12)13(18)9-15/h3-8,10H,9,15H2,1-2H3. The minimum Gasteiger partial charge on any atom is -0.324 e. The smallest absolute Gasteiger partial charge is 0.324 e. The molecule has 0 unspecified atom stereocenters. The lowest BCUT2D eigenvalue weighted by Crippen LogP contribution is -2.24. The first-order valence-electron chi connectivity index (χ1n) is 6.17. The summed E-state index contributed by atoms with van der Waals surface area (Å²) in [5, 5.41) is 0. The first-order chi connectivity index (χ1) is 9.04. The Labute approximate surface area is 111 Å². The average molecular weight is 259 g/mol. The number of carbonyl (C=O) groups excluding carboxylic acids is 1. The van der Waals surface area contributed by atoms with Crippen LogP contribution in [0, 0.1) is 0 Å². The van der Waals surface area contributed by atoms with Gasteiger partial charge in [0.25, 0.3) is 0 Å². The largest absolute Gasteiger partial charge is 0.332 e. The van der Waals surface area contributed by atoms with E-state index in [-0.39, 0.29) is 24.1 Å². The summed E-state index contributed by atoms with van der Waals surface area (Å²) >= 11 is 0. The average Bonchev–Trinajstić information content (AvgIpc) is 2.80. The van der Waals surface area contributed by atoms with Crippen LogP contribution in [0.5, 0.6) is 0 Å². The zero-order valence-corrected chi connectivity index (χ0v) is 11.0. The Bertz CT molecular complexity index is 635. The molecule has 0 saturated carbocycles. The van der Waals surface area contributed by atoms with Gasteiger partial charge in [0.2, 0.25) is 0 Å². The number of hydrogen-bond donors (Lipinski definition) is 1. The molecule has 0 radical (unpaired) electrons. The molecule has 0 spiro atoms.